The SMILES string of the molecule is CCC(COCOC)COCOC. The van der Waals surface area contributed by atoms with Crippen LogP contribution in [0.25, 0.3) is 0 Å². The van der Waals surface area contributed by atoms with Crippen molar-refractivity contribution in [2.45, 2.75) is 13.3 Å². The van der Waals surface area contributed by atoms with E-state index in [0.29, 0.717) is 32.7 Å². The molecule has 0 aliphatic rings. The van der Waals surface area contributed by atoms with E-state index < -0.39 is 0 Å². The summed E-state index contributed by atoms with van der Waals surface area (Å²) in [5, 5.41) is 0. The Morgan fingerprint density at radius 3 is 1.69 bits per heavy atom. The topological polar surface area (TPSA) is 36.9 Å². The Balaban J connectivity index is 3.28. The summed E-state index contributed by atoms with van der Waals surface area (Å²) >= 11 is 0. The molecule has 4 nitrogen and oxygen atoms in total. The van der Waals surface area contributed by atoms with Crippen LogP contribution in [0.4, 0.5) is 0 Å². The fourth-order valence-electron chi connectivity index (χ4n) is 0.880. The summed E-state index contributed by atoms with van der Waals surface area (Å²) in [7, 11) is 3.23. The van der Waals surface area contributed by atoms with E-state index in [1.165, 1.54) is 0 Å². The lowest BCUT2D eigenvalue weighted by Gasteiger charge is -2.14. The van der Waals surface area contributed by atoms with E-state index in [2.05, 4.69) is 6.92 Å². The van der Waals surface area contributed by atoms with Crippen LogP contribution in [0.3, 0.4) is 0 Å². The van der Waals surface area contributed by atoms with Gasteiger partial charge < -0.3 is 18.9 Å². The second-order valence-corrected chi connectivity index (χ2v) is 2.83. The van der Waals surface area contributed by atoms with E-state index in [4.69, 9.17) is 18.9 Å². The average Bonchev–Trinajstić information content (AvgIpc) is 2.16. The van der Waals surface area contributed by atoms with Crippen molar-refractivity contribution >= 4 is 0 Å². The molecular weight excluding hydrogens is 172 g/mol. The molecule has 4 heteroatoms. The molecule has 0 rings (SSSR count). The molecular formula is C9H20O4. The molecule has 0 saturated heterocycles. The maximum absolute atomic E-state index is 5.22. The minimum Gasteiger partial charge on any atom is -0.359 e. The molecule has 0 aromatic carbocycles. The molecule has 0 aromatic rings. The van der Waals surface area contributed by atoms with Gasteiger partial charge in [-0.1, -0.05) is 6.92 Å². The minimum absolute atomic E-state index is 0.348. The summed E-state index contributed by atoms with van der Waals surface area (Å²) in [5.74, 6) is 0.422. The van der Waals surface area contributed by atoms with Crippen molar-refractivity contribution in [3.8, 4) is 0 Å². The fourth-order valence-corrected chi connectivity index (χ4v) is 0.880. The van der Waals surface area contributed by atoms with E-state index >= 15 is 0 Å². The largest absolute Gasteiger partial charge is 0.359 e. The number of methoxy groups -OCH3 is 2. The van der Waals surface area contributed by atoms with Crippen molar-refractivity contribution in [3.63, 3.8) is 0 Å². The summed E-state index contributed by atoms with van der Waals surface area (Å²) in [6, 6.07) is 0. The molecule has 0 aliphatic carbocycles. The third-order valence-corrected chi connectivity index (χ3v) is 1.69. The lowest BCUT2D eigenvalue weighted by molar-refractivity contribution is -0.0777. The van der Waals surface area contributed by atoms with Crippen LogP contribution in [0.5, 0.6) is 0 Å². The van der Waals surface area contributed by atoms with Crippen molar-refractivity contribution in [2.75, 3.05) is 41.0 Å². The monoisotopic (exact) mass is 192 g/mol. The molecule has 0 radical (unpaired) electrons. The molecule has 0 amide bonds. The smallest absolute Gasteiger partial charge is 0.146 e. The lowest BCUT2D eigenvalue weighted by atomic mass is 10.1. The molecule has 0 heterocycles. The molecule has 0 N–H and O–H groups in total. The van der Waals surface area contributed by atoms with Gasteiger partial charge in [0.25, 0.3) is 0 Å². The van der Waals surface area contributed by atoms with Gasteiger partial charge in [-0.3, -0.25) is 0 Å². The van der Waals surface area contributed by atoms with Gasteiger partial charge in [-0.15, -0.1) is 0 Å². The Morgan fingerprint density at radius 2 is 1.38 bits per heavy atom. The van der Waals surface area contributed by atoms with Crippen molar-refractivity contribution in [3.05, 3.63) is 0 Å². The maximum Gasteiger partial charge on any atom is 0.146 e. The highest BCUT2D eigenvalue weighted by molar-refractivity contribution is 4.52. The highest BCUT2D eigenvalue weighted by Crippen LogP contribution is 2.03. The Bertz CT molecular complexity index is 87.6. The molecule has 0 saturated carbocycles. The zero-order valence-corrected chi connectivity index (χ0v) is 8.75. The standard InChI is InChI=1S/C9H20O4/c1-4-9(5-12-7-10-2)6-13-8-11-3/h9H,4-8H2,1-3H3. The minimum atomic E-state index is 0.348. The van der Waals surface area contributed by atoms with E-state index in [1.807, 2.05) is 0 Å². The summed E-state index contributed by atoms with van der Waals surface area (Å²) in [5.41, 5.74) is 0. The van der Waals surface area contributed by atoms with Gasteiger partial charge in [0.1, 0.15) is 13.6 Å². The van der Waals surface area contributed by atoms with Crippen LogP contribution in [-0.2, 0) is 18.9 Å². The zero-order chi connectivity index (χ0) is 9.94. The van der Waals surface area contributed by atoms with Crippen molar-refractivity contribution in [1.29, 1.82) is 0 Å². The maximum atomic E-state index is 5.22. The van der Waals surface area contributed by atoms with Crippen LogP contribution in [0.2, 0.25) is 0 Å². The molecule has 0 fully saturated rings. The normalized spacial score (nSPS) is 11.1. The number of hydrogen-bond donors (Lipinski definition) is 0. The van der Waals surface area contributed by atoms with Crippen LogP contribution in [0.1, 0.15) is 13.3 Å². The molecule has 13 heavy (non-hydrogen) atoms. The summed E-state index contributed by atoms with van der Waals surface area (Å²) in [6.45, 7) is 4.15. The Morgan fingerprint density at radius 1 is 0.923 bits per heavy atom. The van der Waals surface area contributed by atoms with Crippen molar-refractivity contribution in [1.82, 2.24) is 0 Å². The predicted octanol–water partition coefficient (Wildman–Crippen LogP) is 1.25. The molecule has 0 aliphatic heterocycles. The number of rotatable bonds is 9. The lowest BCUT2D eigenvalue weighted by Crippen LogP contribution is -2.17. The van der Waals surface area contributed by atoms with Gasteiger partial charge in [0, 0.05) is 20.1 Å². The highest BCUT2D eigenvalue weighted by Gasteiger charge is 2.06. The third-order valence-electron chi connectivity index (χ3n) is 1.69. The fraction of sp³-hybridized carbons (Fsp3) is 1.00. The second kappa shape index (κ2) is 9.92. The van der Waals surface area contributed by atoms with Gasteiger partial charge in [-0.25, -0.2) is 0 Å². The molecule has 0 spiro atoms. The van der Waals surface area contributed by atoms with Crippen LogP contribution in [-0.4, -0.2) is 41.0 Å². The highest BCUT2D eigenvalue weighted by atomic mass is 16.7. The van der Waals surface area contributed by atoms with E-state index in [9.17, 15) is 0 Å². The summed E-state index contributed by atoms with van der Waals surface area (Å²) < 4.78 is 20.0. The Kier molecular flexibility index (Phi) is 9.80. The zero-order valence-electron chi connectivity index (χ0n) is 8.75. The van der Waals surface area contributed by atoms with Crippen LogP contribution < -0.4 is 0 Å². The molecule has 0 atom stereocenters. The second-order valence-electron chi connectivity index (χ2n) is 2.83. The van der Waals surface area contributed by atoms with Gasteiger partial charge >= 0.3 is 0 Å². The Hall–Kier alpha value is -0.160. The van der Waals surface area contributed by atoms with Gasteiger partial charge in [0.2, 0.25) is 0 Å². The molecule has 0 bridgehead atoms. The molecule has 0 aromatic heterocycles. The van der Waals surface area contributed by atoms with Crippen LogP contribution in [0, 0.1) is 5.92 Å². The molecule has 0 unspecified atom stereocenters. The Labute approximate surface area is 80.1 Å². The van der Waals surface area contributed by atoms with E-state index in [1.54, 1.807) is 14.2 Å². The molecule has 80 valence electrons. The third kappa shape index (κ3) is 8.18. The predicted molar refractivity (Wildman–Crippen MR) is 49.4 cm³/mol. The van der Waals surface area contributed by atoms with Gasteiger partial charge in [0.15, 0.2) is 0 Å². The van der Waals surface area contributed by atoms with Gasteiger partial charge in [-0.05, 0) is 6.42 Å². The first kappa shape index (κ1) is 12.8. The van der Waals surface area contributed by atoms with Crippen LogP contribution >= 0.6 is 0 Å². The van der Waals surface area contributed by atoms with Crippen molar-refractivity contribution < 1.29 is 18.9 Å². The van der Waals surface area contributed by atoms with Crippen molar-refractivity contribution in [2.24, 2.45) is 5.92 Å². The van der Waals surface area contributed by atoms with E-state index in [0.717, 1.165) is 6.42 Å². The van der Waals surface area contributed by atoms with Gasteiger partial charge in [0.05, 0.1) is 13.2 Å². The number of hydrogen-bond acceptors (Lipinski definition) is 4. The number of ether oxygens (including phenoxy) is 4. The average molecular weight is 192 g/mol. The first-order valence-corrected chi connectivity index (χ1v) is 4.48. The van der Waals surface area contributed by atoms with Gasteiger partial charge in [-0.2, -0.15) is 0 Å². The van der Waals surface area contributed by atoms with Crippen LogP contribution in [0.15, 0.2) is 0 Å². The first-order chi connectivity index (χ1) is 6.35. The summed E-state index contributed by atoms with van der Waals surface area (Å²) in [6.07, 6.45) is 1.04. The summed E-state index contributed by atoms with van der Waals surface area (Å²) in [4.78, 5) is 0. The quantitative estimate of drug-likeness (QED) is 0.407. The first-order valence-electron chi connectivity index (χ1n) is 4.48. The van der Waals surface area contributed by atoms with E-state index in [-0.39, 0.29) is 0 Å².